The van der Waals surface area contributed by atoms with Crippen molar-refractivity contribution >= 4 is 28.3 Å². The summed E-state index contributed by atoms with van der Waals surface area (Å²) < 4.78 is 5.19. The second-order valence-corrected chi connectivity index (χ2v) is 8.83. The van der Waals surface area contributed by atoms with Gasteiger partial charge in [-0.25, -0.2) is 4.98 Å². The molecule has 2 amide bonds. The highest BCUT2D eigenvalue weighted by Crippen LogP contribution is 2.28. The molecule has 1 heterocycles. The number of anilines is 1. The Morgan fingerprint density at radius 2 is 1.72 bits per heavy atom. The average Bonchev–Trinajstić information content (AvgIpc) is 3.32. The molecule has 6 nitrogen and oxygen atoms in total. The van der Waals surface area contributed by atoms with Crippen LogP contribution in [0.15, 0.2) is 53.9 Å². The number of rotatable bonds is 6. The van der Waals surface area contributed by atoms with Crippen molar-refractivity contribution < 1.29 is 14.3 Å². The van der Waals surface area contributed by atoms with E-state index in [-0.39, 0.29) is 17.9 Å². The summed E-state index contributed by atoms with van der Waals surface area (Å²) in [5, 5.41) is 5.24. The Hall–Kier alpha value is -3.19. The molecule has 7 heteroatoms. The zero-order valence-electron chi connectivity index (χ0n) is 18.3. The lowest BCUT2D eigenvalue weighted by molar-refractivity contribution is 0.0692. The zero-order valence-corrected chi connectivity index (χ0v) is 19.2. The van der Waals surface area contributed by atoms with Crippen LogP contribution < -0.4 is 10.1 Å². The van der Waals surface area contributed by atoms with E-state index in [4.69, 9.17) is 4.74 Å². The molecule has 1 N–H and O–H groups in total. The third kappa shape index (κ3) is 4.83. The second kappa shape index (κ2) is 9.96. The van der Waals surface area contributed by atoms with Crippen LogP contribution >= 0.6 is 11.3 Å². The SMILES string of the molecule is COc1ccc(-c2csc(NC(=O)c3ccccc3C(=O)N(C)C3CCCCC3)n2)cc1. The van der Waals surface area contributed by atoms with Gasteiger partial charge < -0.3 is 9.64 Å². The summed E-state index contributed by atoms with van der Waals surface area (Å²) in [4.78, 5) is 32.6. The molecule has 1 fully saturated rings. The summed E-state index contributed by atoms with van der Waals surface area (Å²) in [6.07, 6.45) is 5.55. The van der Waals surface area contributed by atoms with E-state index < -0.39 is 0 Å². The highest BCUT2D eigenvalue weighted by atomic mass is 32.1. The highest BCUT2D eigenvalue weighted by Gasteiger charge is 2.26. The number of nitrogens with zero attached hydrogens (tertiary/aromatic N) is 2. The second-order valence-electron chi connectivity index (χ2n) is 7.97. The minimum absolute atomic E-state index is 0.110. The van der Waals surface area contributed by atoms with Crippen LogP contribution in [0.4, 0.5) is 5.13 Å². The summed E-state index contributed by atoms with van der Waals surface area (Å²) >= 11 is 1.35. The molecule has 4 rings (SSSR count). The lowest BCUT2D eigenvalue weighted by atomic mass is 9.93. The average molecular weight is 450 g/mol. The van der Waals surface area contributed by atoms with Gasteiger partial charge in [-0.2, -0.15) is 0 Å². The van der Waals surface area contributed by atoms with E-state index in [0.29, 0.717) is 16.3 Å². The number of aromatic nitrogens is 1. The van der Waals surface area contributed by atoms with Gasteiger partial charge in [0.1, 0.15) is 5.75 Å². The first-order valence-electron chi connectivity index (χ1n) is 10.8. The summed E-state index contributed by atoms with van der Waals surface area (Å²) in [7, 11) is 3.47. The fourth-order valence-electron chi connectivity index (χ4n) is 4.08. The van der Waals surface area contributed by atoms with E-state index in [1.165, 1.54) is 17.8 Å². The smallest absolute Gasteiger partial charge is 0.258 e. The van der Waals surface area contributed by atoms with Crippen molar-refractivity contribution in [1.82, 2.24) is 9.88 Å². The number of carbonyl (C=O) groups excluding carboxylic acids is 2. The maximum absolute atomic E-state index is 13.2. The Balaban J connectivity index is 1.49. The van der Waals surface area contributed by atoms with Crippen molar-refractivity contribution in [2.24, 2.45) is 0 Å². The number of nitrogens with one attached hydrogen (secondary N) is 1. The van der Waals surface area contributed by atoms with Gasteiger partial charge in [0.25, 0.3) is 11.8 Å². The van der Waals surface area contributed by atoms with Crippen LogP contribution in [-0.4, -0.2) is 41.9 Å². The molecule has 0 saturated heterocycles. The quantitative estimate of drug-likeness (QED) is 0.541. The number of hydrogen-bond acceptors (Lipinski definition) is 5. The normalized spacial score (nSPS) is 14.1. The van der Waals surface area contributed by atoms with Gasteiger partial charge in [0.2, 0.25) is 0 Å². The van der Waals surface area contributed by atoms with Crippen LogP contribution in [0.25, 0.3) is 11.3 Å². The Kier molecular flexibility index (Phi) is 6.85. The molecule has 0 spiro atoms. The fraction of sp³-hybridized carbons (Fsp3) is 0.320. The molecular weight excluding hydrogens is 422 g/mol. The molecule has 0 radical (unpaired) electrons. The van der Waals surface area contributed by atoms with Crippen LogP contribution in [0.2, 0.25) is 0 Å². The van der Waals surface area contributed by atoms with Gasteiger partial charge in [-0.05, 0) is 49.2 Å². The number of benzene rings is 2. The molecule has 166 valence electrons. The molecule has 2 aromatic carbocycles. The minimum Gasteiger partial charge on any atom is -0.497 e. The first-order valence-corrected chi connectivity index (χ1v) is 11.7. The lowest BCUT2D eigenvalue weighted by Gasteiger charge is -2.31. The van der Waals surface area contributed by atoms with Gasteiger partial charge in [-0.15, -0.1) is 11.3 Å². The number of thiazole rings is 1. The predicted octanol–water partition coefficient (Wildman–Crippen LogP) is 5.48. The number of methoxy groups -OCH3 is 1. The van der Waals surface area contributed by atoms with E-state index in [0.717, 1.165) is 42.7 Å². The van der Waals surface area contributed by atoms with Gasteiger partial charge >= 0.3 is 0 Å². The lowest BCUT2D eigenvalue weighted by Crippen LogP contribution is -2.39. The first kappa shape index (κ1) is 22.0. The molecule has 32 heavy (non-hydrogen) atoms. The maximum Gasteiger partial charge on any atom is 0.258 e. The van der Waals surface area contributed by atoms with Crippen molar-refractivity contribution in [3.05, 3.63) is 65.0 Å². The van der Waals surface area contributed by atoms with E-state index in [9.17, 15) is 9.59 Å². The minimum atomic E-state index is -0.332. The molecule has 1 aliphatic rings. The van der Waals surface area contributed by atoms with Crippen molar-refractivity contribution in [2.75, 3.05) is 19.5 Å². The topological polar surface area (TPSA) is 71.5 Å². The predicted molar refractivity (Wildman–Crippen MR) is 127 cm³/mol. The number of ether oxygens (including phenoxy) is 1. The molecule has 1 aromatic heterocycles. The van der Waals surface area contributed by atoms with E-state index in [1.807, 2.05) is 36.7 Å². The molecule has 0 bridgehead atoms. The third-order valence-electron chi connectivity index (χ3n) is 5.96. The Morgan fingerprint density at radius 1 is 1.03 bits per heavy atom. The Labute approximate surface area is 192 Å². The third-order valence-corrected chi connectivity index (χ3v) is 6.71. The van der Waals surface area contributed by atoms with Crippen molar-refractivity contribution in [3.63, 3.8) is 0 Å². The largest absolute Gasteiger partial charge is 0.497 e. The van der Waals surface area contributed by atoms with Crippen molar-refractivity contribution in [3.8, 4) is 17.0 Å². The van der Waals surface area contributed by atoms with Gasteiger partial charge in [0.05, 0.1) is 23.9 Å². The monoisotopic (exact) mass is 449 g/mol. The zero-order chi connectivity index (χ0) is 22.5. The van der Waals surface area contributed by atoms with E-state index in [2.05, 4.69) is 10.3 Å². The summed E-state index contributed by atoms with van der Waals surface area (Å²) in [5.41, 5.74) is 2.49. The van der Waals surface area contributed by atoms with Crippen molar-refractivity contribution in [2.45, 2.75) is 38.1 Å². The van der Waals surface area contributed by atoms with Crippen LogP contribution in [0.1, 0.15) is 52.8 Å². The summed E-state index contributed by atoms with van der Waals surface area (Å²) in [6, 6.07) is 14.8. The van der Waals surface area contributed by atoms with Crippen LogP contribution in [-0.2, 0) is 0 Å². The van der Waals surface area contributed by atoms with Gasteiger partial charge in [0, 0.05) is 24.0 Å². The maximum atomic E-state index is 13.2. The van der Waals surface area contributed by atoms with Gasteiger partial charge in [-0.1, -0.05) is 31.4 Å². The van der Waals surface area contributed by atoms with Crippen LogP contribution in [0, 0.1) is 0 Å². The first-order chi connectivity index (χ1) is 15.6. The van der Waals surface area contributed by atoms with E-state index >= 15 is 0 Å². The van der Waals surface area contributed by atoms with Crippen LogP contribution in [0.3, 0.4) is 0 Å². The van der Waals surface area contributed by atoms with Gasteiger partial charge in [-0.3, -0.25) is 14.9 Å². The highest BCUT2D eigenvalue weighted by molar-refractivity contribution is 7.14. The Morgan fingerprint density at radius 3 is 2.41 bits per heavy atom. The summed E-state index contributed by atoms with van der Waals surface area (Å²) in [5.74, 6) is 0.333. The molecule has 1 aliphatic carbocycles. The molecular formula is C25H27N3O3S. The number of amides is 2. The molecule has 0 unspecified atom stereocenters. The molecule has 0 aliphatic heterocycles. The van der Waals surface area contributed by atoms with E-state index in [1.54, 1.807) is 36.3 Å². The standard InChI is InChI=1S/C25H27N3O3S/c1-28(18-8-4-3-5-9-18)24(30)21-11-7-6-10-20(21)23(29)27-25-26-22(16-32-25)17-12-14-19(31-2)15-13-17/h6-7,10-16,18H,3-5,8-9H2,1-2H3,(H,26,27,29). The summed E-state index contributed by atoms with van der Waals surface area (Å²) in [6.45, 7) is 0. The van der Waals surface area contributed by atoms with Crippen LogP contribution in [0.5, 0.6) is 5.75 Å². The van der Waals surface area contributed by atoms with Gasteiger partial charge in [0.15, 0.2) is 5.13 Å². The molecule has 1 saturated carbocycles. The Bertz CT molecular complexity index is 1090. The number of hydrogen-bond donors (Lipinski definition) is 1. The molecule has 3 aromatic rings. The number of carbonyl (C=O) groups is 2. The fourth-order valence-corrected chi connectivity index (χ4v) is 4.80. The molecule has 0 atom stereocenters. The van der Waals surface area contributed by atoms with Crippen molar-refractivity contribution in [1.29, 1.82) is 0 Å².